The number of rotatable bonds is 7. The molecule has 2 heterocycles. The van der Waals surface area contributed by atoms with Crippen LogP contribution in [-0.4, -0.2) is 38.0 Å². The summed E-state index contributed by atoms with van der Waals surface area (Å²) in [5.74, 6) is 0.200. The van der Waals surface area contributed by atoms with E-state index in [0.29, 0.717) is 19.0 Å². The highest BCUT2D eigenvalue weighted by Gasteiger charge is 2.29. The number of nitrogens with one attached hydrogen (secondary N) is 1. The number of methoxy groups -OCH3 is 1. The summed E-state index contributed by atoms with van der Waals surface area (Å²) < 4.78 is 30.0. The molecule has 134 valence electrons. The van der Waals surface area contributed by atoms with E-state index in [-0.39, 0.29) is 11.9 Å². The largest absolute Gasteiger partial charge is 0.491 e. The third-order valence-electron chi connectivity index (χ3n) is 4.31. The molecular weight excluding hydrogens is 325 g/mol. The van der Waals surface area contributed by atoms with Crippen molar-refractivity contribution in [3.63, 3.8) is 0 Å². The first-order chi connectivity index (χ1) is 12.2. The van der Waals surface area contributed by atoms with E-state index >= 15 is 0 Å². The summed E-state index contributed by atoms with van der Waals surface area (Å²) in [7, 11) is 1.60. The number of ether oxygens (including phenoxy) is 3. The van der Waals surface area contributed by atoms with Crippen molar-refractivity contribution >= 4 is 0 Å². The van der Waals surface area contributed by atoms with Gasteiger partial charge >= 0.3 is 0 Å². The lowest BCUT2D eigenvalue weighted by Crippen LogP contribution is -2.24. The minimum Gasteiger partial charge on any atom is -0.491 e. The maximum absolute atomic E-state index is 14.0. The highest BCUT2D eigenvalue weighted by molar-refractivity contribution is 5.34. The van der Waals surface area contributed by atoms with Crippen LogP contribution in [-0.2, 0) is 9.47 Å². The number of nitrogens with zero attached hydrogens (tertiary/aromatic N) is 2. The van der Waals surface area contributed by atoms with Crippen LogP contribution in [0.5, 0.6) is 5.75 Å². The van der Waals surface area contributed by atoms with Crippen LogP contribution in [0.4, 0.5) is 4.39 Å². The number of halogens is 1. The molecule has 1 unspecified atom stereocenters. The number of hydrogen-bond donors (Lipinski definition) is 1. The van der Waals surface area contributed by atoms with Crippen LogP contribution in [0.1, 0.15) is 24.4 Å². The van der Waals surface area contributed by atoms with Gasteiger partial charge < -0.3 is 19.1 Å². The Hall–Kier alpha value is -2.41. The monoisotopic (exact) mass is 347 g/mol. The van der Waals surface area contributed by atoms with E-state index in [0.717, 1.165) is 30.6 Å². The molecule has 0 aliphatic carbocycles. The van der Waals surface area contributed by atoms with Gasteiger partial charge in [-0.2, -0.15) is 0 Å². The normalized spacial score (nSPS) is 22.5. The topological polar surface area (TPSA) is 67.1 Å². The summed E-state index contributed by atoms with van der Waals surface area (Å²) >= 11 is 0. The standard InChI is InChI=1S/C18H22FN3O3/c1-23-7-8-24-16-10-13(9-14(19)11-16)17-3-2-6-22(17)15-4-5-18(21-20)25-12-15/h4-5,9-12,17-18,20H,2-3,6-8H2,1H3/t17?,18-/m1/s1. The molecule has 2 aliphatic heterocycles. The van der Waals surface area contributed by atoms with Crippen molar-refractivity contribution in [3.8, 4) is 5.75 Å². The molecule has 1 aromatic rings. The molecule has 0 aromatic heterocycles. The van der Waals surface area contributed by atoms with Crippen molar-refractivity contribution in [1.29, 1.82) is 5.53 Å². The zero-order chi connectivity index (χ0) is 17.6. The van der Waals surface area contributed by atoms with Gasteiger partial charge in [0.2, 0.25) is 6.23 Å². The van der Waals surface area contributed by atoms with Crippen LogP contribution in [0.3, 0.4) is 0 Å². The van der Waals surface area contributed by atoms with Crippen molar-refractivity contribution < 1.29 is 18.6 Å². The van der Waals surface area contributed by atoms with E-state index in [1.807, 2.05) is 12.1 Å². The third kappa shape index (κ3) is 4.17. The first kappa shape index (κ1) is 17.4. The molecule has 1 N–H and O–H groups in total. The first-order valence-corrected chi connectivity index (χ1v) is 8.30. The highest BCUT2D eigenvalue weighted by atomic mass is 19.1. The van der Waals surface area contributed by atoms with Gasteiger partial charge in [-0.05, 0) is 42.7 Å². The number of hydrogen-bond acceptors (Lipinski definition) is 6. The molecule has 1 aromatic carbocycles. The average molecular weight is 347 g/mol. The van der Waals surface area contributed by atoms with Crippen molar-refractivity contribution in [3.05, 3.63) is 53.7 Å². The molecule has 2 atom stereocenters. The van der Waals surface area contributed by atoms with Gasteiger partial charge in [-0.15, -0.1) is 5.11 Å². The van der Waals surface area contributed by atoms with Crippen LogP contribution >= 0.6 is 0 Å². The Kier molecular flexibility index (Phi) is 5.65. The molecule has 0 saturated carbocycles. The van der Waals surface area contributed by atoms with Gasteiger partial charge in [-0.3, -0.25) is 0 Å². The summed E-state index contributed by atoms with van der Waals surface area (Å²) in [6.07, 6.45) is 6.65. The molecule has 0 spiro atoms. The summed E-state index contributed by atoms with van der Waals surface area (Å²) in [6, 6.07) is 4.89. The van der Waals surface area contributed by atoms with Crippen molar-refractivity contribution in [2.45, 2.75) is 25.1 Å². The fourth-order valence-electron chi connectivity index (χ4n) is 3.17. The van der Waals surface area contributed by atoms with Crippen molar-refractivity contribution in [1.82, 2.24) is 4.90 Å². The summed E-state index contributed by atoms with van der Waals surface area (Å²) in [5, 5.41) is 3.35. The predicted octanol–water partition coefficient (Wildman–Crippen LogP) is 3.77. The molecule has 3 rings (SSSR count). The molecule has 7 heteroatoms. The molecule has 1 saturated heterocycles. The lowest BCUT2D eigenvalue weighted by molar-refractivity contribution is 0.146. The van der Waals surface area contributed by atoms with Crippen LogP contribution in [0.2, 0.25) is 0 Å². The minimum absolute atomic E-state index is 0.0597. The molecule has 6 nitrogen and oxygen atoms in total. The molecule has 0 bridgehead atoms. The molecule has 1 fully saturated rings. The second-order valence-electron chi connectivity index (χ2n) is 5.97. The van der Waals surface area contributed by atoms with Gasteiger partial charge in [-0.25, -0.2) is 9.92 Å². The summed E-state index contributed by atoms with van der Waals surface area (Å²) in [6.45, 7) is 1.70. The van der Waals surface area contributed by atoms with E-state index in [4.69, 9.17) is 19.7 Å². The van der Waals surface area contributed by atoms with Gasteiger partial charge in [0, 0.05) is 19.7 Å². The predicted molar refractivity (Wildman–Crippen MR) is 89.7 cm³/mol. The first-order valence-electron chi connectivity index (χ1n) is 8.30. The third-order valence-corrected chi connectivity index (χ3v) is 4.31. The van der Waals surface area contributed by atoms with Crippen LogP contribution in [0.25, 0.3) is 0 Å². The smallest absolute Gasteiger partial charge is 0.226 e. The van der Waals surface area contributed by atoms with Gasteiger partial charge in [0.1, 0.15) is 24.4 Å². The Labute approximate surface area is 146 Å². The molecular formula is C18H22FN3O3. The van der Waals surface area contributed by atoms with E-state index in [1.54, 1.807) is 25.5 Å². The van der Waals surface area contributed by atoms with E-state index < -0.39 is 6.23 Å². The van der Waals surface area contributed by atoms with Gasteiger partial charge in [0.15, 0.2) is 0 Å². The van der Waals surface area contributed by atoms with Crippen LogP contribution in [0, 0.1) is 11.3 Å². The zero-order valence-corrected chi connectivity index (χ0v) is 14.2. The molecule has 25 heavy (non-hydrogen) atoms. The van der Waals surface area contributed by atoms with Crippen LogP contribution < -0.4 is 4.74 Å². The number of likely N-dealkylation sites (tertiary alicyclic amines) is 1. The second-order valence-corrected chi connectivity index (χ2v) is 5.97. The summed E-state index contributed by atoms with van der Waals surface area (Å²) in [4.78, 5) is 2.18. The van der Waals surface area contributed by atoms with Gasteiger partial charge in [-0.1, -0.05) is 0 Å². The maximum atomic E-state index is 14.0. The number of allylic oxidation sites excluding steroid dienone is 1. The quantitative estimate of drug-likeness (QED) is 0.602. The van der Waals surface area contributed by atoms with E-state index in [1.165, 1.54) is 6.07 Å². The van der Waals surface area contributed by atoms with E-state index in [2.05, 4.69) is 10.0 Å². The van der Waals surface area contributed by atoms with Crippen molar-refractivity contribution in [2.24, 2.45) is 5.11 Å². The Balaban J connectivity index is 1.77. The number of benzene rings is 1. The second kappa shape index (κ2) is 8.11. The molecule has 0 radical (unpaired) electrons. The average Bonchev–Trinajstić information content (AvgIpc) is 3.11. The lowest BCUT2D eigenvalue weighted by atomic mass is 10.0. The van der Waals surface area contributed by atoms with Gasteiger partial charge in [0.05, 0.1) is 18.3 Å². The Bertz CT molecular complexity index is 678. The lowest BCUT2D eigenvalue weighted by Gasteiger charge is -2.29. The molecule has 2 aliphatic rings. The Morgan fingerprint density at radius 2 is 2.24 bits per heavy atom. The van der Waals surface area contributed by atoms with Crippen LogP contribution in [0.15, 0.2) is 47.4 Å². The fraction of sp³-hybridized carbons (Fsp3) is 0.444. The summed E-state index contributed by atoms with van der Waals surface area (Å²) in [5.41, 5.74) is 8.80. The molecule has 0 amide bonds. The van der Waals surface area contributed by atoms with E-state index in [9.17, 15) is 4.39 Å². The van der Waals surface area contributed by atoms with Gasteiger partial charge in [0.25, 0.3) is 0 Å². The zero-order valence-electron chi connectivity index (χ0n) is 14.2. The van der Waals surface area contributed by atoms with Crippen molar-refractivity contribution in [2.75, 3.05) is 26.9 Å². The minimum atomic E-state index is -0.556. The Morgan fingerprint density at radius 3 is 2.96 bits per heavy atom. The highest BCUT2D eigenvalue weighted by Crippen LogP contribution is 2.37. The SMILES string of the molecule is COCCOc1cc(F)cc(C2CCCN2C2=CO[C@@H](N=N)C=C2)c1. The maximum Gasteiger partial charge on any atom is 0.226 e. The fourth-order valence-corrected chi connectivity index (χ4v) is 3.17. The Morgan fingerprint density at radius 1 is 1.36 bits per heavy atom.